The van der Waals surface area contributed by atoms with Gasteiger partial charge in [0.05, 0.1) is 17.1 Å². The Morgan fingerprint density at radius 3 is 2.31 bits per heavy atom. The molecule has 0 saturated heterocycles. The lowest BCUT2D eigenvalue weighted by Crippen LogP contribution is -2.35. The average Bonchev–Trinajstić information content (AvgIpc) is 3.04. The van der Waals surface area contributed by atoms with E-state index in [0.29, 0.717) is 35.9 Å². The van der Waals surface area contributed by atoms with E-state index >= 15 is 0 Å². The molecule has 0 N–H and O–H groups in total. The fourth-order valence-corrected chi connectivity index (χ4v) is 5.61. The van der Waals surface area contributed by atoms with Gasteiger partial charge in [0, 0.05) is 18.1 Å². The van der Waals surface area contributed by atoms with Gasteiger partial charge in [0.25, 0.3) is 0 Å². The third-order valence-corrected chi connectivity index (χ3v) is 7.58. The van der Waals surface area contributed by atoms with Gasteiger partial charge in [-0.3, -0.25) is 0 Å². The van der Waals surface area contributed by atoms with Crippen molar-refractivity contribution < 1.29 is 8.42 Å². The van der Waals surface area contributed by atoms with Gasteiger partial charge in [-0.2, -0.15) is 9.40 Å². The van der Waals surface area contributed by atoms with Crippen molar-refractivity contribution in [2.45, 2.75) is 25.2 Å². The van der Waals surface area contributed by atoms with Gasteiger partial charge in [-0.05, 0) is 55.7 Å². The minimum atomic E-state index is -3.64. The first-order valence-corrected chi connectivity index (χ1v) is 11.3. The van der Waals surface area contributed by atoms with Crippen molar-refractivity contribution in [3.05, 3.63) is 82.6 Å². The van der Waals surface area contributed by atoms with Crippen LogP contribution in [0.2, 0.25) is 5.02 Å². The number of aryl methyl sites for hydroxylation is 1. The fraction of sp³-hybridized carbons (Fsp3) is 0.227. The van der Waals surface area contributed by atoms with Gasteiger partial charge in [-0.15, -0.1) is 0 Å². The summed E-state index contributed by atoms with van der Waals surface area (Å²) in [7, 11) is -3.64. The molecule has 1 aromatic heterocycles. The van der Waals surface area contributed by atoms with Crippen LogP contribution in [0.3, 0.4) is 0 Å². The Morgan fingerprint density at radius 2 is 1.69 bits per heavy atom. The molecule has 0 atom stereocenters. The first-order chi connectivity index (χ1) is 13.9. The fourth-order valence-electron chi connectivity index (χ4n) is 3.75. The number of hydrogen-bond acceptors (Lipinski definition) is 3. The lowest BCUT2D eigenvalue weighted by Gasteiger charge is -2.26. The average molecular weight is 428 g/mol. The van der Waals surface area contributed by atoms with Crippen molar-refractivity contribution in [3.8, 4) is 5.69 Å². The van der Waals surface area contributed by atoms with Crippen molar-refractivity contribution in [2.75, 3.05) is 13.1 Å². The lowest BCUT2D eigenvalue weighted by atomic mass is 10.0. The molecule has 2 aromatic carbocycles. The largest absolute Gasteiger partial charge is 0.247 e. The van der Waals surface area contributed by atoms with Crippen LogP contribution in [-0.2, 0) is 10.0 Å². The monoisotopic (exact) mass is 427 g/mol. The molecule has 7 heteroatoms. The Kier molecular flexibility index (Phi) is 5.34. The van der Waals surface area contributed by atoms with Crippen molar-refractivity contribution in [2.24, 2.45) is 0 Å². The minimum absolute atomic E-state index is 0.281. The molecule has 29 heavy (non-hydrogen) atoms. The van der Waals surface area contributed by atoms with Crippen LogP contribution >= 0.6 is 11.6 Å². The summed E-state index contributed by atoms with van der Waals surface area (Å²) in [5, 5.41) is 5.11. The van der Waals surface area contributed by atoms with Crippen LogP contribution in [0.15, 0.2) is 65.6 Å². The molecule has 0 radical (unpaired) electrons. The molecule has 0 saturated carbocycles. The minimum Gasteiger partial charge on any atom is -0.236 e. The maximum absolute atomic E-state index is 13.4. The predicted octanol–water partition coefficient (Wildman–Crippen LogP) is 4.62. The maximum Gasteiger partial charge on any atom is 0.247 e. The highest BCUT2D eigenvalue weighted by Crippen LogP contribution is 2.30. The van der Waals surface area contributed by atoms with Gasteiger partial charge in [0.2, 0.25) is 10.0 Å². The van der Waals surface area contributed by atoms with Crippen LogP contribution in [-0.4, -0.2) is 35.6 Å². The number of nitrogens with zero attached hydrogens (tertiary/aromatic N) is 3. The Balaban J connectivity index is 1.65. The Bertz CT molecular complexity index is 1170. The van der Waals surface area contributed by atoms with Crippen molar-refractivity contribution in [1.82, 2.24) is 14.1 Å². The normalized spacial score (nSPS) is 15.3. The zero-order chi connectivity index (χ0) is 20.6. The number of rotatable bonds is 4. The molecule has 4 rings (SSSR count). The standard InChI is InChI=1S/C22H22ClN3O2S/c1-16-22(17(2)26(24-16)21-10-8-20(23)9-11-21)29(27,28)25-14-12-19(13-15-25)18-6-4-3-5-7-18/h3-12H,13-15H2,1-2H3. The van der Waals surface area contributed by atoms with Crippen LogP contribution in [0.5, 0.6) is 0 Å². The van der Waals surface area contributed by atoms with Gasteiger partial charge in [-0.25, -0.2) is 13.1 Å². The first kappa shape index (κ1) is 19.9. The van der Waals surface area contributed by atoms with Gasteiger partial charge < -0.3 is 0 Å². The van der Waals surface area contributed by atoms with E-state index in [-0.39, 0.29) is 4.90 Å². The number of sulfonamides is 1. The zero-order valence-corrected chi connectivity index (χ0v) is 17.9. The summed E-state index contributed by atoms with van der Waals surface area (Å²) in [4.78, 5) is 0.281. The quantitative estimate of drug-likeness (QED) is 0.610. The van der Waals surface area contributed by atoms with Crippen LogP contribution in [0.4, 0.5) is 0 Å². The van der Waals surface area contributed by atoms with E-state index in [1.807, 2.05) is 36.4 Å². The molecule has 0 aliphatic carbocycles. The van der Waals surface area contributed by atoms with E-state index in [9.17, 15) is 8.42 Å². The molecule has 0 unspecified atom stereocenters. The molecule has 0 amide bonds. The van der Waals surface area contributed by atoms with Crippen LogP contribution in [0, 0.1) is 13.8 Å². The molecular formula is C22H22ClN3O2S. The Morgan fingerprint density at radius 1 is 1.00 bits per heavy atom. The van der Waals surface area contributed by atoms with Crippen LogP contribution in [0.1, 0.15) is 23.4 Å². The molecule has 1 aliphatic heterocycles. The number of hydrogen-bond donors (Lipinski definition) is 0. The van der Waals surface area contributed by atoms with E-state index in [2.05, 4.69) is 17.2 Å². The van der Waals surface area contributed by atoms with E-state index < -0.39 is 10.0 Å². The summed E-state index contributed by atoms with van der Waals surface area (Å²) in [5.41, 5.74) is 4.20. The van der Waals surface area contributed by atoms with E-state index in [1.165, 1.54) is 9.88 Å². The van der Waals surface area contributed by atoms with Crippen molar-refractivity contribution >= 4 is 27.2 Å². The molecule has 3 aromatic rings. The summed E-state index contributed by atoms with van der Waals surface area (Å²) in [6.45, 7) is 4.34. The number of benzene rings is 2. The summed E-state index contributed by atoms with van der Waals surface area (Å²) >= 11 is 5.97. The van der Waals surface area contributed by atoms with E-state index in [0.717, 1.165) is 11.3 Å². The second kappa shape index (κ2) is 7.78. The molecular weight excluding hydrogens is 406 g/mol. The topological polar surface area (TPSA) is 55.2 Å². The van der Waals surface area contributed by atoms with Crippen molar-refractivity contribution in [1.29, 1.82) is 0 Å². The maximum atomic E-state index is 13.4. The van der Waals surface area contributed by atoms with E-state index in [4.69, 9.17) is 11.6 Å². The highest BCUT2D eigenvalue weighted by molar-refractivity contribution is 7.89. The van der Waals surface area contributed by atoms with Gasteiger partial charge >= 0.3 is 0 Å². The SMILES string of the molecule is Cc1nn(-c2ccc(Cl)cc2)c(C)c1S(=O)(=O)N1CC=C(c2ccccc2)CC1. The van der Waals surface area contributed by atoms with Gasteiger partial charge in [-0.1, -0.05) is 48.0 Å². The molecule has 150 valence electrons. The highest BCUT2D eigenvalue weighted by atomic mass is 35.5. The Hall–Kier alpha value is -2.41. The van der Waals surface area contributed by atoms with Gasteiger partial charge in [0.15, 0.2) is 0 Å². The highest BCUT2D eigenvalue weighted by Gasteiger charge is 2.32. The predicted molar refractivity (Wildman–Crippen MR) is 116 cm³/mol. The molecule has 0 spiro atoms. The number of aromatic nitrogens is 2. The third kappa shape index (κ3) is 3.75. The lowest BCUT2D eigenvalue weighted by molar-refractivity contribution is 0.440. The molecule has 2 heterocycles. The molecule has 5 nitrogen and oxygen atoms in total. The summed E-state index contributed by atoms with van der Waals surface area (Å²) < 4.78 is 30.0. The molecule has 0 fully saturated rings. The number of halogens is 1. The summed E-state index contributed by atoms with van der Waals surface area (Å²) in [5.74, 6) is 0. The second-order valence-electron chi connectivity index (χ2n) is 7.10. The molecule has 1 aliphatic rings. The van der Waals surface area contributed by atoms with Crippen LogP contribution < -0.4 is 0 Å². The molecule has 0 bridgehead atoms. The zero-order valence-electron chi connectivity index (χ0n) is 16.3. The second-order valence-corrected chi connectivity index (χ2v) is 9.41. The van der Waals surface area contributed by atoms with Gasteiger partial charge in [0.1, 0.15) is 4.90 Å². The van der Waals surface area contributed by atoms with E-state index in [1.54, 1.807) is 30.7 Å². The summed E-state index contributed by atoms with van der Waals surface area (Å²) in [6.07, 6.45) is 2.69. The van der Waals surface area contributed by atoms with Crippen LogP contribution in [0.25, 0.3) is 11.3 Å². The smallest absolute Gasteiger partial charge is 0.236 e. The van der Waals surface area contributed by atoms with Crippen molar-refractivity contribution in [3.63, 3.8) is 0 Å². The Labute approximate surface area is 176 Å². The summed E-state index contributed by atoms with van der Waals surface area (Å²) in [6, 6.07) is 17.3. The first-order valence-electron chi connectivity index (χ1n) is 9.44. The third-order valence-electron chi connectivity index (χ3n) is 5.21.